The van der Waals surface area contributed by atoms with Gasteiger partial charge in [-0.3, -0.25) is 4.90 Å². The number of carbonyl (C=O) groups is 1. The van der Waals surface area contributed by atoms with Gasteiger partial charge in [0.25, 0.3) is 0 Å². The van der Waals surface area contributed by atoms with Crippen molar-refractivity contribution in [3.8, 4) is 0 Å². The van der Waals surface area contributed by atoms with Crippen LogP contribution in [0.3, 0.4) is 0 Å². The van der Waals surface area contributed by atoms with Crippen LogP contribution in [0.2, 0.25) is 0 Å². The molecule has 2 aliphatic rings. The molecule has 0 aliphatic carbocycles. The number of likely N-dealkylation sites (N-methyl/N-ethyl adjacent to an activating group) is 1. The lowest BCUT2D eigenvalue weighted by atomic mass is 9.86. The zero-order chi connectivity index (χ0) is 18.1. The molecule has 2 saturated heterocycles. The van der Waals surface area contributed by atoms with Gasteiger partial charge in [0.05, 0.1) is 0 Å². The standard InChI is InChI=1S/C22H25NO3/c1-23-18-12-14-19(23)20(15-13-18)26-21(24)22(25,16-8-4-2-5-9-16)17-10-6-3-7-11-17/h2-11,18-20,25H,12-15H2,1H3/i1-1. The summed E-state index contributed by atoms with van der Waals surface area (Å²) in [4.78, 5) is 15.6. The van der Waals surface area contributed by atoms with Crippen molar-refractivity contribution in [1.82, 2.24) is 4.90 Å². The maximum atomic E-state index is 13.2. The van der Waals surface area contributed by atoms with E-state index in [1.165, 1.54) is 0 Å². The highest BCUT2D eigenvalue weighted by atomic mass is 16.6. The summed E-state index contributed by atoms with van der Waals surface area (Å²) in [5.74, 6) is -0.585. The van der Waals surface area contributed by atoms with Gasteiger partial charge in [-0.2, -0.15) is 0 Å². The highest BCUT2D eigenvalue weighted by Gasteiger charge is 2.47. The molecule has 0 saturated carbocycles. The molecule has 136 valence electrons. The molecule has 0 radical (unpaired) electrons. The van der Waals surface area contributed by atoms with Crippen LogP contribution in [0.25, 0.3) is 0 Å². The van der Waals surface area contributed by atoms with Gasteiger partial charge in [0.2, 0.25) is 5.60 Å². The maximum absolute atomic E-state index is 13.2. The van der Waals surface area contributed by atoms with Crippen LogP contribution in [0.1, 0.15) is 36.8 Å². The quantitative estimate of drug-likeness (QED) is 0.861. The van der Waals surface area contributed by atoms with Gasteiger partial charge >= 0.3 is 5.97 Å². The Bertz CT molecular complexity index is 722. The number of hydrogen-bond donors (Lipinski definition) is 1. The Morgan fingerprint density at radius 3 is 2.08 bits per heavy atom. The molecule has 2 aromatic carbocycles. The summed E-state index contributed by atoms with van der Waals surface area (Å²) in [5, 5.41) is 11.5. The summed E-state index contributed by atoms with van der Waals surface area (Å²) >= 11 is 0. The first-order valence-corrected chi connectivity index (χ1v) is 9.37. The number of aliphatic hydroxyl groups is 1. The van der Waals surface area contributed by atoms with Crippen LogP contribution in [0.15, 0.2) is 60.7 Å². The monoisotopic (exact) mass is 350 g/mol. The topological polar surface area (TPSA) is 49.8 Å². The van der Waals surface area contributed by atoms with Crippen molar-refractivity contribution >= 4 is 5.97 Å². The van der Waals surface area contributed by atoms with Crippen LogP contribution >= 0.6 is 0 Å². The van der Waals surface area contributed by atoms with Gasteiger partial charge in [0, 0.05) is 12.1 Å². The summed E-state index contributed by atoms with van der Waals surface area (Å²) in [6.07, 6.45) is 3.96. The van der Waals surface area contributed by atoms with E-state index < -0.39 is 11.6 Å². The van der Waals surface area contributed by atoms with Gasteiger partial charge < -0.3 is 9.84 Å². The summed E-state index contributed by atoms with van der Waals surface area (Å²) in [6, 6.07) is 19.0. The molecule has 2 bridgehead atoms. The molecule has 0 amide bonds. The second-order valence-electron chi connectivity index (χ2n) is 7.43. The van der Waals surface area contributed by atoms with E-state index in [9.17, 15) is 9.90 Å². The highest BCUT2D eigenvalue weighted by molar-refractivity contribution is 5.85. The van der Waals surface area contributed by atoms with Crippen LogP contribution in [0, 0.1) is 0 Å². The molecule has 1 N–H and O–H groups in total. The molecule has 2 heterocycles. The molecule has 2 fully saturated rings. The van der Waals surface area contributed by atoms with Crippen molar-refractivity contribution in [2.45, 2.75) is 49.5 Å². The molecule has 0 aromatic heterocycles. The number of ether oxygens (including phenoxy) is 1. The molecule has 0 spiro atoms. The van der Waals surface area contributed by atoms with Gasteiger partial charge in [0.1, 0.15) is 6.10 Å². The van der Waals surface area contributed by atoms with E-state index in [-0.39, 0.29) is 12.1 Å². The van der Waals surface area contributed by atoms with E-state index in [4.69, 9.17) is 4.74 Å². The van der Waals surface area contributed by atoms with E-state index in [2.05, 4.69) is 11.9 Å². The number of esters is 1. The van der Waals surface area contributed by atoms with Crippen LogP contribution in [0.4, 0.5) is 0 Å². The van der Waals surface area contributed by atoms with Crippen LogP contribution in [-0.2, 0) is 15.1 Å². The Hall–Kier alpha value is -2.17. The van der Waals surface area contributed by atoms with Crippen molar-refractivity contribution in [3.05, 3.63) is 71.8 Å². The third-order valence-corrected chi connectivity index (χ3v) is 6.05. The fourth-order valence-corrected chi connectivity index (χ4v) is 4.51. The molecule has 4 nitrogen and oxygen atoms in total. The predicted molar refractivity (Wildman–Crippen MR) is 99.6 cm³/mol. The summed E-state index contributed by atoms with van der Waals surface area (Å²) in [5.41, 5.74) is -0.731. The summed E-state index contributed by atoms with van der Waals surface area (Å²) in [7, 11) is 2.11. The number of carbonyl (C=O) groups excluding carboxylic acids is 1. The largest absolute Gasteiger partial charge is 0.458 e. The van der Waals surface area contributed by atoms with Gasteiger partial charge in [-0.25, -0.2) is 4.79 Å². The highest BCUT2D eigenvalue weighted by Crippen LogP contribution is 2.38. The first-order chi connectivity index (χ1) is 12.6. The van der Waals surface area contributed by atoms with Crippen molar-refractivity contribution in [3.63, 3.8) is 0 Å². The van der Waals surface area contributed by atoms with Gasteiger partial charge in [0.15, 0.2) is 0 Å². The predicted octanol–water partition coefficient (Wildman–Crippen LogP) is 3.09. The van der Waals surface area contributed by atoms with Gasteiger partial charge in [-0.05, 0) is 43.9 Å². The smallest absolute Gasteiger partial charge is 0.348 e. The Balaban J connectivity index is 1.65. The normalized spacial score (nSPS) is 25.8. The van der Waals surface area contributed by atoms with Crippen LogP contribution < -0.4 is 0 Å². The van der Waals surface area contributed by atoms with Crippen molar-refractivity contribution < 1.29 is 14.6 Å². The number of piperidine rings is 1. The third-order valence-electron chi connectivity index (χ3n) is 6.05. The molecule has 3 atom stereocenters. The van der Waals surface area contributed by atoms with E-state index in [1.54, 1.807) is 24.3 Å². The lowest BCUT2D eigenvalue weighted by molar-refractivity contribution is -0.173. The molecule has 2 aliphatic heterocycles. The Kier molecular flexibility index (Phi) is 4.55. The number of benzene rings is 2. The van der Waals surface area contributed by atoms with Gasteiger partial charge in [-0.1, -0.05) is 60.7 Å². The van der Waals surface area contributed by atoms with Crippen molar-refractivity contribution in [1.29, 1.82) is 0 Å². The minimum absolute atomic E-state index is 0.162. The van der Waals surface area contributed by atoms with E-state index in [1.807, 2.05) is 36.4 Å². The number of hydrogen-bond acceptors (Lipinski definition) is 4. The minimum Gasteiger partial charge on any atom is -0.458 e. The van der Waals surface area contributed by atoms with E-state index in [0.717, 1.165) is 25.7 Å². The second-order valence-corrected chi connectivity index (χ2v) is 7.43. The number of nitrogens with zero attached hydrogens (tertiary/aromatic N) is 1. The third kappa shape index (κ3) is 2.83. The molecular formula is C22H25NO3. The zero-order valence-corrected chi connectivity index (χ0v) is 15.0. The second kappa shape index (κ2) is 6.86. The zero-order valence-electron chi connectivity index (χ0n) is 15.0. The summed E-state index contributed by atoms with van der Waals surface area (Å²) < 4.78 is 5.94. The average Bonchev–Trinajstić information content (AvgIpc) is 2.92. The molecule has 4 rings (SSSR count). The Morgan fingerprint density at radius 2 is 1.50 bits per heavy atom. The number of rotatable bonds is 4. The molecule has 26 heavy (non-hydrogen) atoms. The first kappa shape index (κ1) is 17.3. The lowest BCUT2D eigenvalue weighted by Crippen LogP contribution is -2.49. The van der Waals surface area contributed by atoms with Crippen LogP contribution in [-0.4, -0.2) is 41.2 Å². The maximum Gasteiger partial charge on any atom is 0.348 e. The minimum atomic E-state index is -1.80. The molecule has 2 aromatic rings. The van der Waals surface area contributed by atoms with E-state index in [0.29, 0.717) is 17.2 Å². The fourth-order valence-electron chi connectivity index (χ4n) is 4.51. The Morgan fingerprint density at radius 1 is 0.962 bits per heavy atom. The van der Waals surface area contributed by atoms with Crippen molar-refractivity contribution in [2.24, 2.45) is 0 Å². The molecule has 3 unspecified atom stereocenters. The Labute approximate surface area is 154 Å². The molecular weight excluding hydrogens is 325 g/mol. The fraction of sp³-hybridized carbons (Fsp3) is 0.409. The molecule has 4 heteroatoms. The van der Waals surface area contributed by atoms with Crippen molar-refractivity contribution in [2.75, 3.05) is 7.05 Å². The first-order valence-electron chi connectivity index (χ1n) is 9.37. The van der Waals surface area contributed by atoms with Gasteiger partial charge in [-0.15, -0.1) is 0 Å². The number of fused-ring (bicyclic) bond motifs is 2. The van der Waals surface area contributed by atoms with E-state index >= 15 is 0 Å². The van der Waals surface area contributed by atoms with Crippen LogP contribution in [0.5, 0.6) is 0 Å². The average molecular weight is 350 g/mol. The SMILES string of the molecule is [11CH3]N1C2CCC(OC(=O)C(O)(c3ccccc3)c3ccccc3)C1CC2. The lowest BCUT2D eigenvalue weighted by Gasteiger charge is -2.38. The summed E-state index contributed by atoms with van der Waals surface area (Å²) in [6.45, 7) is 0.